The van der Waals surface area contributed by atoms with Crippen LogP contribution in [0.15, 0.2) is 48.5 Å². The van der Waals surface area contributed by atoms with Crippen LogP contribution in [-0.4, -0.2) is 60.2 Å². The van der Waals surface area contributed by atoms with E-state index in [-0.39, 0.29) is 76.1 Å². The monoisotopic (exact) mass is 674 g/mol. The summed E-state index contributed by atoms with van der Waals surface area (Å²) in [6.07, 6.45) is 3.42. The molecule has 0 aliphatic carbocycles. The molecule has 39 heavy (non-hydrogen) atoms. The fraction of sp³-hybridized carbons (Fsp3) is 0.500. The minimum Gasteiger partial charge on any atom is -0.772 e. The van der Waals surface area contributed by atoms with Gasteiger partial charge in [-0.15, -0.1) is 0 Å². The van der Waals surface area contributed by atoms with Crippen molar-refractivity contribution in [2.75, 3.05) is 37.2 Å². The number of methoxy groups -OCH3 is 2. The molecule has 0 heterocycles. The summed E-state index contributed by atoms with van der Waals surface area (Å²) in [5.41, 5.74) is 2.54. The zero-order valence-corrected chi connectivity index (χ0v) is 32.0. The molecule has 0 radical (unpaired) electrons. The van der Waals surface area contributed by atoms with Crippen molar-refractivity contribution in [3.63, 3.8) is 0 Å². The van der Waals surface area contributed by atoms with Gasteiger partial charge in [-0.3, -0.25) is 8.42 Å². The minimum absolute atomic E-state index is 0. The third-order valence-corrected chi connectivity index (χ3v) is 10.6. The molecule has 2 aromatic carbocycles. The predicted molar refractivity (Wildman–Crippen MR) is 163 cm³/mol. The van der Waals surface area contributed by atoms with E-state index in [2.05, 4.69) is 24.3 Å². The Bertz CT molecular complexity index is 794. The van der Waals surface area contributed by atoms with Gasteiger partial charge in [-0.2, -0.15) is 0 Å². The van der Waals surface area contributed by atoms with Gasteiger partial charge < -0.3 is 24.1 Å². The average Bonchev–Trinajstić information content (AvgIpc) is 2.88. The summed E-state index contributed by atoms with van der Waals surface area (Å²) < 4.78 is 51.4. The summed E-state index contributed by atoms with van der Waals surface area (Å²) >= 11 is -3.77. The molecular weight excluding hydrogens is 639 g/mol. The molecule has 0 amide bonds. The Labute approximate surface area is 298 Å². The fourth-order valence-electron chi connectivity index (χ4n) is 2.54. The molecule has 0 saturated heterocycles. The molecule has 0 spiro atoms. The molecule has 0 aliphatic rings. The molecular formula is C24H36Na2O7S6. The van der Waals surface area contributed by atoms with E-state index < -0.39 is 22.2 Å². The molecule has 0 aromatic heterocycles. The van der Waals surface area contributed by atoms with Crippen LogP contribution in [0.5, 0.6) is 11.5 Å². The molecule has 2 rings (SSSR count). The normalized spacial score (nSPS) is 11.4. The van der Waals surface area contributed by atoms with Gasteiger partial charge in [-0.05, 0) is 61.1 Å². The molecule has 0 aliphatic heterocycles. The maximum atomic E-state index is 10.3. The first kappa shape index (κ1) is 45.1. The van der Waals surface area contributed by atoms with Crippen LogP contribution in [0, 0.1) is 0 Å². The van der Waals surface area contributed by atoms with Crippen LogP contribution in [0.2, 0.25) is 0 Å². The molecule has 2 aromatic rings. The van der Waals surface area contributed by atoms with Gasteiger partial charge in [0.2, 0.25) is 0 Å². The summed E-state index contributed by atoms with van der Waals surface area (Å²) in [4.78, 5) is 0. The Morgan fingerprint density at radius 2 is 0.949 bits per heavy atom. The van der Waals surface area contributed by atoms with Gasteiger partial charge in [0.15, 0.2) is 0 Å². The van der Waals surface area contributed by atoms with E-state index in [1.807, 2.05) is 24.3 Å². The third-order valence-electron chi connectivity index (χ3n) is 4.51. The van der Waals surface area contributed by atoms with E-state index in [4.69, 9.17) is 9.47 Å². The van der Waals surface area contributed by atoms with E-state index >= 15 is 0 Å². The second kappa shape index (κ2) is 31.1. The van der Waals surface area contributed by atoms with Gasteiger partial charge in [-0.1, -0.05) is 89.6 Å². The summed E-state index contributed by atoms with van der Waals surface area (Å²) in [5, 5.41) is 0. The van der Waals surface area contributed by atoms with Gasteiger partial charge in [0.1, 0.15) is 11.5 Å². The van der Waals surface area contributed by atoms with Crippen LogP contribution in [0.4, 0.5) is 0 Å². The summed E-state index contributed by atoms with van der Waals surface area (Å²) in [6.45, 7) is 0. The Hall–Kier alpha value is 1.62. The van der Waals surface area contributed by atoms with E-state index in [0.29, 0.717) is 0 Å². The van der Waals surface area contributed by atoms with E-state index in [9.17, 15) is 17.5 Å². The second-order valence-electron chi connectivity index (χ2n) is 7.29. The molecule has 15 heteroatoms. The standard InChI is InChI=1S/2C12H18O3S3.2Na.H2O/c2*1-15-12-6-4-11(5-7-12)10-17-16-8-2-3-9-18(13)14;;;/h2*4-7H,2-3,8-10H2,1H3,(H,13,14);;;1H2/q;;2*+1;/p-2. The van der Waals surface area contributed by atoms with Crippen molar-refractivity contribution >= 4 is 65.3 Å². The van der Waals surface area contributed by atoms with Crippen LogP contribution >= 0.6 is 43.2 Å². The molecule has 2 atom stereocenters. The first-order valence-electron chi connectivity index (χ1n) is 11.3. The molecule has 0 fully saturated rings. The number of hydrogen-bond donors (Lipinski definition) is 0. The zero-order valence-electron chi connectivity index (χ0n) is 23.1. The maximum Gasteiger partial charge on any atom is 1.00 e. The Morgan fingerprint density at radius 1 is 0.615 bits per heavy atom. The minimum atomic E-state index is -1.88. The number of hydrogen-bond acceptors (Lipinski definition) is 10. The smallest absolute Gasteiger partial charge is 0.772 e. The van der Waals surface area contributed by atoms with Crippen molar-refractivity contribution in [2.45, 2.75) is 37.2 Å². The van der Waals surface area contributed by atoms with Gasteiger partial charge in [0, 0.05) is 34.5 Å². The first-order chi connectivity index (χ1) is 17.4. The average molecular weight is 675 g/mol. The maximum absolute atomic E-state index is 10.3. The largest absolute Gasteiger partial charge is 1.00 e. The number of rotatable bonds is 18. The van der Waals surface area contributed by atoms with Gasteiger partial charge >= 0.3 is 59.1 Å². The van der Waals surface area contributed by atoms with E-state index in [0.717, 1.165) is 60.2 Å². The van der Waals surface area contributed by atoms with Crippen LogP contribution in [0.1, 0.15) is 36.8 Å². The number of benzene rings is 2. The molecule has 2 N–H and O–H groups in total. The van der Waals surface area contributed by atoms with Crippen molar-refractivity contribution in [1.82, 2.24) is 0 Å². The van der Waals surface area contributed by atoms with Crippen molar-refractivity contribution in [3.8, 4) is 11.5 Å². The summed E-state index contributed by atoms with van der Waals surface area (Å²) in [6, 6.07) is 16.1. The predicted octanol–water partition coefficient (Wildman–Crippen LogP) is -0.345. The van der Waals surface area contributed by atoms with Gasteiger partial charge in [0.25, 0.3) is 0 Å². The molecule has 7 nitrogen and oxygen atoms in total. The SMILES string of the molecule is COc1ccc(CSSCCCCS(=O)[O-])cc1.COc1ccc(CSSCCCCS(=O)[O-])cc1.O.[Na+].[Na+]. The van der Waals surface area contributed by atoms with Gasteiger partial charge in [0.05, 0.1) is 14.2 Å². The van der Waals surface area contributed by atoms with Crippen LogP contribution < -0.4 is 68.6 Å². The van der Waals surface area contributed by atoms with E-state index in [1.165, 1.54) is 11.1 Å². The Kier molecular flexibility index (Phi) is 35.9. The zero-order chi connectivity index (χ0) is 26.4. The molecule has 2 unspecified atom stereocenters. The van der Waals surface area contributed by atoms with Crippen LogP contribution in [0.25, 0.3) is 0 Å². The Balaban J connectivity index is -0.000000617. The van der Waals surface area contributed by atoms with Crippen molar-refractivity contribution < 1.29 is 91.6 Å². The number of unbranched alkanes of at least 4 members (excludes halogenated alkanes) is 2. The summed E-state index contributed by atoms with van der Waals surface area (Å²) in [7, 11) is 10.5. The van der Waals surface area contributed by atoms with Crippen molar-refractivity contribution in [3.05, 3.63) is 59.7 Å². The van der Waals surface area contributed by atoms with Gasteiger partial charge in [-0.25, -0.2) is 0 Å². The first-order valence-corrected chi connectivity index (χ1v) is 18.8. The van der Waals surface area contributed by atoms with Crippen molar-refractivity contribution in [2.24, 2.45) is 0 Å². The van der Waals surface area contributed by atoms with Crippen LogP contribution in [0.3, 0.4) is 0 Å². The molecule has 0 saturated carbocycles. The topological polar surface area (TPSA) is 130 Å². The van der Waals surface area contributed by atoms with E-state index in [1.54, 1.807) is 57.4 Å². The fourth-order valence-corrected chi connectivity index (χ4v) is 7.86. The van der Waals surface area contributed by atoms with Crippen molar-refractivity contribution in [1.29, 1.82) is 0 Å². The third kappa shape index (κ3) is 26.9. The molecule has 0 bridgehead atoms. The summed E-state index contributed by atoms with van der Waals surface area (Å²) in [5.74, 6) is 6.23. The van der Waals surface area contributed by atoms with Crippen LogP contribution in [-0.2, 0) is 33.7 Å². The second-order valence-corrected chi connectivity index (χ2v) is 14.5. The number of ether oxygens (including phenoxy) is 2. The quantitative estimate of drug-likeness (QED) is 0.0896. The molecule has 212 valence electrons. The Morgan fingerprint density at radius 3 is 1.23 bits per heavy atom.